The van der Waals surface area contributed by atoms with Gasteiger partial charge in [-0.3, -0.25) is 0 Å². The lowest BCUT2D eigenvalue weighted by molar-refractivity contribution is 0.104. The van der Waals surface area contributed by atoms with Gasteiger partial charge in [-0.15, -0.1) is 0 Å². The lowest BCUT2D eigenvalue weighted by Gasteiger charge is -2.05. The zero-order valence-corrected chi connectivity index (χ0v) is 8.77. The van der Waals surface area contributed by atoms with Crippen molar-refractivity contribution in [2.75, 3.05) is 6.61 Å². The largest absolute Gasteiger partial charge is 0.378 e. The molecule has 1 aromatic heterocycles. The van der Waals surface area contributed by atoms with Crippen molar-refractivity contribution in [3.05, 3.63) is 10.3 Å². The maximum absolute atomic E-state index is 5.61. The Bertz CT molecular complexity index is 273. The molecule has 1 aliphatic heterocycles. The molecule has 0 bridgehead atoms. The Morgan fingerprint density at radius 2 is 2.54 bits per heavy atom. The summed E-state index contributed by atoms with van der Waals surface area (Å²) in [5.41, 5.74) is 0. The highest BCUT2D eigenvalue weighted by molar-refractivity contribution is 7.05. The number of rotatable bonds is 3. The van der Waals surface area contributed by atoms with Gasteiger partial charge in [0.1, 0.15) is 5.01 Å². The van der Waals surface area contributed by atoms with Gasteiger partial charge in [0.15, 0.2) is 0 Å². The topological polar surface area (TPSA) is 35.0 Å². The third-order valence-electron chi connectivity index (χ3n) is 2.15. The Morgan fingerprint density at radius 3 is 3.15 bits per heavy atom. The van der Waals surface area contributed by atoms with Crippen LogP contribution in [0.1, 0.15) is 24.3 Å². The van der Waals surface area contributed by atoms with Crippen LogP contribution in [0.2, 0.25) is 5.28 Å². The highest BCUT2D eigenvalue weighted by Crippen LogP contribution is 2.19. The van der Waals surface area contributed by atoms with Crippen molar-refractivity contribution < 1.29 is 4.74 Å². The molecule has 0 N–H and O–H groups in total. The Balaban J connectivity index is 1.78. The fourth-order valence-corrected chi connectivity index (χ4v) is 2.31. The molecule has 0 spiro atoms. The van der Waals surface area contributed by atoms with Gasteiger partial charge in [-0.25, -0.2) is 4.98 Å². The first kappa shape index (κ1) is 9.37. The highest BCUT2D eigenvalue weighted by Gasteiger charge is 2.15. The van der Waals surface area contributed by atoms with Crippen LogP contribution in [0.3, 0.4) is 0 Å². The predicted octanol–water partition coefficient (Wildman–Crippen LogP) is 2.30. The first-order valence-corrected chi connectivity index (χ1v) is 5.59. The van der Waals surface area contributed by atoms with Gasteiger partial charge in [0.25, 0.3) is 0 Å². The normalized spacial score (nSPS) is 22.4. The zero-order chi connectivity index (χ0) is 9.10. The SMILES string of the molecule is Clc1nsc(CCC2CCCO2)n1. The molecule has 0 amide bonds. The summed E-state index contributed by atoms with van der Waals surface area (Å²) < 4.78 is 9.42. The van der Waals surface area contributed by atoms with E-state index in [1.165, 1.54) is 24.4 Å². The molecule has 72 valence electrons. The molecule has 0 aliphatic carbocycles. The van der Waals surface area contributed by atoms with E-state index < -0.39 is 0 Å². The van der Waals surface area contributed by atoms with Gasteiger partial charge in [-0.1, -0.05) is 0 Å². The quantitative estimate of drug-likeness (QED) is 0.781. The number of halogens is 1. The summed E-state index contributed by atoms with van der Waals surface area (Å²) in [6.45, 7) is 0.918. The number of aromatic nitrogens is 2. The second kappa shape index (κ2) is 4.35. The van der Waals surface area contributed by atoms with E-state index in [4.69, 9.17) is 16.3 Å². The molecule has 1 atom stereocenters. The van der Waals surface area contributed by atoms with Crippen molar-refractivity contribution in [3.8, 4) is 0 Å². The molecule has 13 heavy (non-hydrogen) atoms. The summed E-state index contributed by atoms with van der Waals surface area (Å²) in [7, 11) is 0. The fourth-order valence-electron chi connectivity index (χ4n) is 1.49. The van der Waals surface area contributed by atoms with Crippen LogP contribution in [0.4, 0.5) is 0 Å². The van der Waals surface area contributed by atoms with Gasteiger partial charge < -0.3 is 4.74 Å². The van der Waals surface area contributed by atoms with Crippen molar-refractivity contribution in [1.29, 1.82) is 0 Å². The second-order valence-corrected chi connectivity index (χ2v) is 4.31. The van der Waals surface area contributed by atoms with E-state index in [-0.39, 0.29) is 0 Å². The van der Waals surface area contributed by atoms with Crippen LogP contribution in [-0.2, 0) is 11.2 Å². The minimum Gasteiger partial charge on any atom is -0.378 e. The molecule has 0 aromatic carbocycles. The molecule has 1 saturated heterocycles. The minimum atomic E-state index is 0.368. The fraction of sp³-hybridized carbons (Fsp3) is 0.750. The zero-order valence-electron chi connectivity index (χ0n) is 7.20. The number of hydrogen-bond acceptors (Lipinski definition) is 4. The minimum absolute atomic E-state index is 0.368. The Kier molecular flexibility index (Phi) is 3.14. The van der Waals surface area contributed by atoms with Crippen LogP contribution in [0.25, 0.3) is 0 Å². The van der Waals surface area contributed by atoms with Crippen molar-refractivity contribution >= 4 is 23.1 Å². The van der Waals surface area contributed by atoms with Crippen LogP contribution in [0.15, 0.2) is 0 Å². The third-order valence-corrected chi connectivity index (χ3v) is 3.19. The van der Waals surface area contributed by atoms with Gasteiger partial charge in [-0.2, -0.15) is 4.37 Å². The third kappa shape index (κ3) is 2.62. The molecule has 5 heteroatoms. The Hall–Kier alpha value is -0.190. The predicted molar refractivity (Wildman–Crippen MR) is 52.2 cm³/mol. The summed E-state index contributed by atoms with van der Waals surface area (Å²) in [4.78, 5) is 4.09. The molecular weight excluding hydrogens is 208 g/mol. The summed E-state index contributed by atoms with van der Waals surface area (Å²) >= 11 is 7.00. The molecular formula is C8H11ClN2OS. The molecule has 1 fully saturated rings. The van der Waals surface area contributed by atoms with Crippen LogP contribution < -0.4 is 0 Å². The van der Waals surface area contributed by atoms with Gasteiger partial charge in [0.05, 0.1) is 6.10 Å². The Morgan fingerprint density at radius 1 is 1.62 bits per heavy atom. The standard InChI is InChI=1S/C8H11ClN2OS/c9-8-10-7(13-11-8)4-3-6-2-1-5-12-6/h6H,1-5H2. The molecule has 1 aliphatic rings. The molecule has 1 unspecified atom stereocenters. The summed E-state index contributed by atoms with van der Waals surface area (Å²) in [5, 5.41) is 1.38. The van der Waals surface area contributed by atoms with Crippen LogP contribution in [0, 0.1) is 0 Å². The Labute approximate surface area is 86.3 Å². The monoisotopic (exact) mass is 218 g/mol. The van der Waals surface area contributed by atoms with Crippen molar-refractivity contribution in [1.82, 2.24) is 9.36 Å². The van der Waals surface area contributed by atoms with Crippen LogP contribution >= 0.6 is 23.1 Å². The van der Waals surface area contributed by atoms with Gasteiger partial charge in [0, 0.05) is 13.0 Å². The second-order valence-electron chi connectivity index (χ2n) is 3.13. The highest BCUT2D eigenvalue weighted by atomic mass is 35.5. The van der Waals surface area contributed by atoms with E-state index >= 15 is 0 Å². The molecule has 1 aromatic rings. The van der Waals surface area contributed by atoms with Gasteiger partial charge in [-0.05, 0) is 42.4 Å². The van der Waals surface area contributed by atoms with Crippen LogP contribution in [-0.4, -0.2) is 22.1 Å². The average Bonchev–Trinajstić information content (AvgIpc) is 2.71. The summed E-state index contributed by atoms with van der Waals surface area (Å²) in [6, 6.07) is 0. The van der Waals surface area contributed by atoms with Gasteiger partial charge >= 0.3 is 0 Å². The number of ether oxygens (including phenoxy) is 1. The van der Waals surface area contributed by atoms with E-state index in [9.17, 15) is 0 Å². The van der Waals surface area contributed by atoms with Crippen molar-refractivity contribution in [2.24, 2.45) is 0 Å². The first-order valence-electron chi connectivity index (χ1n) is 4.44. The van der Waals surface area contributed by atoms with Crippen molar-refractivity contribution in [3.63, 3.8) is 0 Å². The van der Waals surface area contributed by atoms with Gasteiger partial charge in [0.2, 0.25) is 5.28 Å². The lowest BCUT2D eigenvalue weighted by atomic mass is 10.1. The molecule has 2 rings (SSSR count). The lowest BCUT2D eigenvalue weighted by Crippen LogP contribution is -2.05. The molecule has 0 saturated carbocycles. The number of nitrogens with zero attached hydrogens (tertiary/aromatic N) is 2. The smallest absolute Gasteiger partial charge is 0.234 e. The molecule has 2 heterocycles. The molecule has 0 radical (unpaired) electrons. The number of hydrogen-bond donors (Lipinski definition) is 0. The maximum atomic E-state index is 5.61. The number of aryl methyl sites for hydroxylation is 1. The van der Waals surface area contributed by atoms with E-state index in [0.29, 0.717) is 11.4 Å². The van der Waals surface area contributed by atoms with E-state index in [1.807, 2.05) is 0 Å². The van der Waals surface area contributed by atoms with E-state index in [1.54, 1.807) is 0 Å². The summed E-state index contributed by atoms with van der Waals surface area (Å²) in [5.74, 6) is 0. The average molecular weight is 219 g/mol. The van der Waals surface area contributed by atoms with E-state index in [0.717, 1.165) is 24.5 Å². The first-order chi connectivity index (χ1) is 6.34. The summed E-state index contributed by atoms with van der Waals surface area (Å²) in [6.07, 6.45) is 4.80. The maximum Gasteiger partial charge on any atom is 0.234 e. The van der Waals surface area contributed by atoms with Crippen LogP contribution in [0.5, 0.6) is 0 Å². The van der Waals surface area contributed by atoms with E-state index in [2.05, 4.69) is 9.36 Å². The molecule has 3 nitrogen and oxygen atoms in total. The van der Waals surface area contributed by atoms with Crippen molar-refractivity contribution in [2.45, 2.75) is 31.8 Å².